The lowest BCUT2D eigenvalue weighted by molar-refractivity contribution is -0.0191. The summed E-state index contributed by atoms with van der Waals surface area (Å²) in [5, 5.41) is 7.13. The summed E-state index contributed by atoms with van der Waals surface area (Å²) in [4.78, 5) is 0. The number of nitrogens with zero attached hydrogens (tertiary/aromatic N) is 2. The minimum absolute atomic E-state index is 0.0564. The van der Waals surface area contributed by atoms with Gasteiger partial charge in [0.15, 0.2) is 0 Å². The highest BCUT2D eigenvalue weighted by Crippen LogP contribution is 2.48. The van der Waals surface area contributed by atoms with Crippen molar-refractivity contribution in [2.45, 2.75) is 44.9 Å². The Kier molecular flexibility index (Phi) is 6.80. The molecule has 182 valence electrons. The third kappa shape index (κ3) is 4.78. The minimum Gasteiger partial charge on any atom is -0.497 e. The van der Waals surface area contributed by atoms with Crippen molar-refractivity contribution in [1.29, 1.82) is 0 Å². The van der Waals surface area contributed by atoms with Crippen molar-refractivity contribution in [2.75, 3.05) is 20.8 Å². The van der Waals surface area contributed by atoms with Crippen LogP contribution in [0.1, 0.15) is 61.6 Å². The molecule has 0 aromatic heterocycles. The third-order valence-electron chi connectivity index (χ3n) is 6.60. The maximum atomic E-state index is 6.51. The number of unbranched alkanes of at least 4 members (excludes halogenated alkanes) is 2. The van der Waals surface area contributed by atoms with Gasteiger partial charge in [0.2, 0.25) is 6.23 Å². The first-order valence-electron chi connectivity index (χ1n) is 12.3. The number of rotatable bonds is 9. The summed E-state index contributed by atoms with van der Waals surface area (Å²) in [7, 11) is 3.36. The molecule has 0 aliphatic carbocycles. The molecule has 6 nitrogen and oxygen atoms in total. The highest BCUT2D eigenvalue weighted by atomic mass is 16.5. The minimum atomic E-state index is -0.328. The largest absolute Gasteiger partial charge is 0.497 e. The molecular formula is C29H32N2O4. The fourth-order valence-corrected chi connectivity index (χ4v) is 4.64. The SMILES string of the molecule is CCCCCOc1ccc([C@H]2Oc3ccc(OC)cc3[C@H]3CC(c4ccc(OC)cc4)=NN32)cc1. The van der Waals surface area contributed by atoms with Crippen LogP contribution < -0.4 is 18.9 Å². The highest BCUT2D eigenvalue weighted by molar-refractivity contribution is 6.02. The van der Waals surface area contributed by atoms with E-state index in [4.69, 9.17) is 24.0 Å². The molecule has 2 aliphatic heterocycles. The lowest BCUT2D eigenvalue weighted by atomic mass is 9.95. The van der Waals surface area contributed by atoms with Crippen molar-refractivity contribution in [1.82, 2.24) is 5.01 Å². The van der Waals surface area contributed by atoms with Crippen LogP contribution in [0.5, 0.6) is 23.0 Å². The van der Waals surface area contributed by atoms with Crippen LogP contribution in [0.15, 0.2) is 71.8 Å². The molecule has 35 heavy (non-hydrogen) atoms. The summed E-state index contributed by atoms with van der Waals surface area (Å²) >= 11 is 0. The van der Waals surface area contributed by atoms with Crippen LogP contribution in [0.3, 0.4) is 0 Å². The molecular weight excluding hydrogens is 440 g/mol. The Bertz CT molecular complexity index is 1170. The quantitative estimate of drug-likeness (QED) is 0.332. The molecule has 0 amide bonds. The maximum Gasteiger partial charge on any atom is 0.213 e. The Hall–Kier alpha value is -3.67. The smallest absolute Gasteiger partial charge is 0.213 e. The first kappa shape index (κ1) is 23.1. The first-order valence-corrected chi connectivity index (χ1v) is 12.3. The molecule has 0 N–H and O–H groups in total. The van der Waals surface area contributed by atoms with Crippen LogP contribution >= 0.6 is 0 Å². The fourth-order valence-electron chi connectivity index (χ4n) is 4.64. The highest BCUT2D eigenvalue weighted by Gasteiger charge is 2.41. The van der Waals surface area contributed by atoms with Gasteiger partial charge in [-0.3, -0.25) is 0 Å². The number of methoxy groups -OCH3 is 2. The van der Waals surface area contributed by atoms with E-state index in [-0.39, 0.29) is 12.3 Å². The molecule has 5 rings (SSSR count). The van der Waals surface area contributed by atoms with Crippen LogP contribution in [0, 0.1) is 0 Å². The Morgan fingerprint density at radius 2 is 1.60 bits per heavy atom. The zero-order chi connectivity index (χ0) is 24.2. The van der Waals surface area contributed by atoms with Gasteiger partial charge < -0.3 is 18.9 Å². The number of ether oxygens (including phenoxy) is 4. The topological polar surface area (TPSA) is 52.5 Å². The standard InChI is InChI=1S/C29H32N2O4/c1-4-5-6-17-34-23-13-9-21(10-14-23)29-31-27(25-18-24(33-3)15-16-28(25)35-29)19-26(30-31)20-7-11-22(32-2)12-8-20/h7-16,18,27,29H,4-6,17,19H2,1-3H3/t27-,29-/m1/s1. The molecule has 2 heterocycles. The van der Waals surface area contributed by atoms with Crippen molar-refractivity contribution in [2.24, 2.45) is 5.10 Å². The Labute approximate surface area is 207 Å². The van der Waals surface area contributed by atoms with Crippen LogP contribution in [0.25, 0.3) is 0 Å². The molecule has 0 fully saturated rings. The Morgan fingerprint density at radius 1 is 0.886 bits per heavy atom. The van der Waals surface area contributed by atoms with Crippen molar-refractivity contribution in [3.05, 3.63) is 83.4 Å². The summed E-state index contributed by atoms with van der Waals surface area (Å²) in [5.74, 6) is 3.39. The van der Waals surface area contributed by atoms with E-state index in [1.54, 1.807) is 14.2 Å². The van der Waals surface area contributed by atoms with Gasteiger partial charge in [0.1, 0.15) is 23.0 Å². The van der Waals surface area contributed by atoms with Crippen LogP contribution in [0.4, 0.5) is 0 Å². The first-order chi connectivity index (χ1) is 17.2. The monoisotopic (exact) mass is 472 g/mol. The lowest BCUT2D eigenvalue weighted by Gasteiger charge is -2.38. The number of hydrazone groups is 1. The molecule has 2 aliphatic rings. The number of fused-ring (bicyclic) bond motifs is 3. The van der Waals surface area contributed by atoms with Crippen LogP contribution in [-0.2, 0) is 0 Å². The molecule has 0 unspecified atom stereocenters. The Balaban J connectivity index is 1.44. The number of hydrogen-bond donors (Lipinski definition) is 0. The predicted molar refractivity (Wildman–Crippen MR) is 137 cm³/mol. The van der Waals surface area contributed by atoms with Gasteiger partial charge in [0.05, 0.1) is 32.6 Å². The Morgan fingerprint density at radius 3 is 2.31 bits per heavy atom. The van der Waals surface area contributed by atoms with E-state index in [0.29, 0.717) is 0 Å². The molecule has 2 atom stereocenters. The normalized spacial score (nSPS) is 18.3. The van der Waals surface area contributed by atoms with Gasteiger partial charge in [-0.25, -0.2) is 5.01 Å². The van der Waals surface area contributed by atoms with Gasteiger partial charge in [-0.15, -0.1) is 0 Å². The fraction of sp³-hybridized carbons (Fsp3) is 0.345. The number of hydrogen-bond acceptors (Lipinski definition) is 6. The molecule has 0 bridgehead atoms. The zero-order valence-electron chi connectivity index (χ0n) is 20.6. The summed E-state index contributed by atoms with van der Waals surface area (Å²) in [5.41, 5.74) is 4.23. The average Bonchev–Trinajstić information content (AvgIpc) is 3.37. The van der Waals surface area contributed by atoms with Gasteiger partial charge in [0.25, 0.3) is 0 Å². The molecule has 0 saturated carbocycles. The molecule has 6 heteroatoms. The van der Waals surface area contributed by atoms with Crippen molar-refractivity contribution in [3.63, 3.8) is 0 Å². The molecule has 3 aromatic rings. The second-order valence-electron chi connectivity index (χ2n) is 8.87. The second-order valence-corrected chi connectivity index (χ2v) is 8.87. The average molecular weight is 473 g/mol. The van der Waals surface area contributed by atoms with E-state index in [0.717, 1.165) is 64.8 Å². The molecule has 0 radical (unpaired) electrons. The van der Waals surface area contributed by atoms with Crippen LogP contribution in [-0.4, -0.2) is 31.5 Å². The van der Waals surface area contributed by atoms with E-state index in [2.05, 4.69) is 42.3 Å². The number of benzene rings is 3. The van der Waals surface area contributed by atoms with Crippen molar-refractivity contribution >= 4 is 5.71 Å². The van der Waals surface area contributed by atoms with Gasteiger partial charge in [-0.05, 0) is 78.7 Å². The van der Waals surface area contributed by atoms with E-state index in [1.165, 1.54) is 12.8 Å². The van der Waals surface area contributed by atoms with Crippen molar-refractivity contribution in [3.8, 4) is 23.0 Å². The van der Waals surface area contributed by atoms with Crippen molar-refractivity contribution < 1.29 is 18.9 Å². The third-order valence-corrected chi connectivity index (χ3v) is 6.60. The summed E-state index contributed by atoms with van der Waals surface area (Å²) in [6.45, 7) is 2.94. The van der Waals surface area contributed by atoms with E-state index >= 15 is 0 Å². The summed E-state index contributed by atoms with van der Waals surface area (Å²) in [6.07, 6.45) is 3.90. The van der Waals surface area contributed by atoms with E-state index in [9.17, 15) is 0 Å². The summed E-state index contributed by atoms with van der Waals surface area (Å²) < 4.78 is 23.2. The van der Waals surface area contributed by atoms with Gasteiger partial charge in [-0.2, -0.15) is 5.10 Å². The molecule has 3 aromatic carbocycles. The lowest BCUT2D eigenvalue weighted by Crippen LogP contribution is -2.33. The second kappa shape index (κ2) is 10.3. The zero-order valence-corrected chi connectivity index (χ0v) is 20.6. The van der Waals surface area contributed by atoms with E-state index in [1.807, 2.05) is 36.4 Å². The molecule has 0 saturated heterocycles. The van der Waals surface area contributed by atoms with Crippen LogP contribution in [0.2, 0.25) is 0 Å². The van der Waals surface area contributed by atoms with Gasteiger partial charge in [0, 0.05) is 17.5 Å². The summed E-state index contributed by atoms with van der Waals surface area (Å²) in [6, 6.07) is 22.3. The van der Waals surface area contributed by atoms with Gasteiger partial charge >= 0.3 is 0 Å². The van der Waals surface area contributed by atoms with E-state index < -0.39 is 0 Å². The predicted octanol–water partition coefficient (Wildman–Crippen LogP) is 6.52. The maximum absolute atomic E-state index is 6.51. The van der Waals surface area contributed by atoms with Gasteiger partial charge in [-0.1, -0.05) is 19.8 Å². The molecule has 0 spiro atoms.